The maximum absolute atomic E-state index is 11.6. The molecule has 0 fully saturated rings. The second-order valence-corrected chi connectivity index (χ2v) is 5.80. The third kappa shape index (κ3) is 7.45. The van der Waals surface area contributed by atoms with Crippen molar-refractivity contribution in [3.63, 3.8) is 0 Å². The van der Waals surface area contributed by atoms with Crippen molar-refractivity contribution in [1.82, 2.24) is 10.6 Å². The number of thiophene rings is 1. The van der Waals surface area contributed by atoms with E-state index in [4.69, 9.17) is 4.74 Å². The highest BCUT2D eigenvalue weighted by molar-refractivity contribution is 7.12. The van der Waals surface area contributed by atoms with Gasteiger partial charge in [0.2, 0.25) is 0 Å². The van der Waals surface area contributed by atoms with Crippen LogP contribution in [0.4, 0.5) is 0 Å². The Balaban J connectivity index is 2.13. The molecule has 0 aliphatic rings. The monoisotopic (exact) mass is 312 g/mol. The van der Waals surface area contributed by atoms with Crippen molar-refractivity contribution in [2.45, 2.75) is 20.3 Å². The highest BCUT2D eigenvalue weighted by Gasteiger charge is 2.11. The van der Waals surface area contributed by atoms with Crippen LogP contribution in [0.1, 0.15) is 29.9 Å². The van der Waals surface area contributed by atoms with Gasteiger partial charge in [-0.25, -0.2) is 0 Å². The van der Waals surface area contributed by atoms with Crippen molar-refractivity contribution in [3.05, 3.63) is 22.4 Å². The standard InChI is InChI=1S/C14H20N2O4S/c1-10(2)5-6-15-12(17)9-20-13(18)8-16-14(19)11-4-3-7-21-11/h3-4,7,10H,5-6,8-9H2,1-2H3,(H,15,17)(H,16,19). The van der Waals surface area contributed by atoms with Gasteiger partial charge in [0.15, 0.2) is 6.61 Å². The summed E-state index contributed by atoms with van der Waals surface area (Å²) in [5, 5.41) is 6.86. The Labute approximate surface area is 127 Å². The zero-order valence-electron chi connectivity index (χ0n) is 12.2. The van der Waals surface area contributed by atoms with Gasteiger partial charge in [-0.3, -0.25) is 14.4 Å². The van der Waals surface area contributed by atoms with Crippen LogP contribution >= 0.6 is 11.3 Å². The molecule has 0 saturated carbocycles. The number of rotatable bonds is 8. The van der Waals surface area contributed by atoms with Crippen LogP contribution < -0.4 is 10.6 Å². The SMILES string of the molecule is CC(C)CCNC(=O)COC(=O)CNC(=O)c1cccs1. The van der Waals surface area contributed by atoms with Crippen LogP contribution in [0.15, 0.2) is 17.5 Å². The summed E-state index contributed by atoms with van der Waals surface area (Å²) in [7, 11) is 0. The summed E-state index contributed by atoms with van der Waals surface area (Å²) in [6, 6.07) is 3.41. The molecule has 1 heterocycles. The first kappa shape index (κ1) is 17.2. The van der Waals surface area contributed by atoms with Gasteiger partial charge in [-0.2, -0.15) is 0 Å². The lowest BCUT2D eigenvalue weighted by Crippen LogP contribution is -2.34. The number of nitrogens with one attached hydrogen (secondary N) is 2. The predicted molar refractivity (Wildman–Crippen MR) is 80.1 cm³/mol. The molecule has 0 aliphatic carbocycles. The molecule has 1 rings (SSSR count). The van der Waals surface area contributed by atoms with E-state index < -0.39 is 5.97 Å². The summed E-state index contributed by atoms with van der Waals surface area (Å²) >= 11 is 1.28. The van der Waals surface area contributed by atoms with Crippen molar-refractivity contribution in [2.24, 2.45) is 5.92 Å². The molecular weight excluding hydrogens is 292 g/mol. The zero-order valence-corrected chi connectivity index (χ0v) is 13.0. The number of ether oxygens (including phenoxy) is 1. The van der Waals surface area contributed by atoms with Crippen LogP contribution in [-0.4, -0.2) is 37.5 Å². The van der Waals surface area contributed by atoms with E-state index in [9.17, 15) is 14.4 Å². The molecule has 0 saturated heterocycles. The minimum absolute atomic E-state index is 0.254. The largest absolute Gasteiger partial charge is 0.454 e. The Morgan fingerprint density at radius 3 is 2.67 bits per heavy atom. The first-order valence-electron chi connectivity index (χ1n) is 6.73. The van der Waals surface area contributed by atoms with Gasteiger partial charge in [-0.05, 0) is 23.8 Å². The lowest BCUT2D eigenvalue weighted by atomic mass is 10.1. The van der Waals surface area contributed by atoms with Crippen LogP contribution in [-0.2, 0) is 14.3 Å². The van der Waals surface area contributed by atoms with Crippen molar-refractivity contribution >= 4 is 29.1 Å². The highest BCUT2D eigenvalue weighted by atomic mass is 32.1. The molecule has 0 radical (unpaired) electrons. The topological polar surface area (TPSA) is 84.5 Å². The second kappa shape index (κ2) is 9.12. The van der Waals surface area contributed by atoms with E-state index in [0.717, 1.165) is 6.42 Å². The molecule has 1 aromatic heterocycles. The molecule has 0 bridgehead atoms. The predicted octanol–water partition coefficient (Wildman–Crippen LogP) is 1.18. The molecule has 0 atom stereocenters. The van der Waals surface area contributed by atoms with E-state index in [1.54, 1.807) is 17.5 Å². The lowest BCUT2D eigenvalue weighted by molar-refractivity contribution is -0.147. The van der Waals surface area contributed by atoms with Crippen LogP contribution in [0.5, 0.6) is 0 Å². The minimum Gasteiger partial charge on any atom is -0.454 e. The molecule has 0 aromatic carbocycles. The molecule has 21 heavy (non-hydrogen) atoms. The smallest absolute Gasteiger partial charge is 0.325 e. The normalized spacial score (nSPS) is 10.2. The lowest BCUT2D eigenvalue weighted by Gasteiger charge is -2.08. The molecule has 7 heteroatoms. The van der Waals surface area contributed by atoms with Crippen LogP contribution in [0, 0.1) is 5.92 Å². The fraction of sp³-hybridized carbons (Fsp3) is 0.500. The van der Waals surface area contributed by atoms with Crippen molar-refractivity contribution in [3.8, 4) is 0 Å². The van der Waals surface area contributed by atoms with Gasteiger partial charge in [0.1, 0.15) is 6.54 Å². The average Bonchev–Trinajstić information content (AvgIpc) is 2.96. The fourth-order valence-corrected chi connectivity index (χ4v) is 2.04. The van der Waals surface area contributed by atoms with Crippen LogP contribution in [0.3, 0.4) is 0 Å². The maximum Gasteiger partial charge on any atom is 0.325 e. The van der Waals surface area contributed by atoms with Gasteiger partial charge in [-0.15, -0.1) is 11.3 Å². The Kier molecular flexibility index (Phi) is 7.45. The van der Waals surface area contributed by atoms with E-state index in [-0.39, 0.29) is 25.0 Å². The van der Waals surface area contributed by atoms with Gasteiger partial charge in [0.05, 0.1) is 4.88 Å². The Morgan fingerprint density at radius 2 is 2.05 bits per heavy atom. The summed E-state index contributed by atoms with van der Waals surface area (Å²) in [4.78, 5) is 34.9. The Hall–Kier alpha value is -1.89. The number of hydrogen-bond acceptors (Lipinski definition) is 5. The molecule has 0 unspecified atom stereocenters. The van der Waals surface area contributed by atoms with E-state index in [2.05, 4.69) is 24.5 Å². The van der Waals surface area contributed by atoms with Crippen LogP contribution in [0.2, 0.25) is 0 Å². The van der Waals surface area contributed by atoms with E-state index >= 15 is 0 Å². The van der Waals surface area contributed by atoms with Crippen molar-refractivity contribution in [2.75, 3.05) is 19.7 Å². The average molecular weight is 312 g/mol. The maximum atomic E-state index is 11.6. The first-order chi connectivity index (χ1) is 9.99. The second-order valence-electron chi connectivity index (χ2n) is 4.85. The Morgan fingerprint density at radius 1 is 1.29 bits per heavy atom. The number of hydrogen-bond donors (Lipinski definition) is 2. The number of esters is 1. The van der Waals surface area contributed by atoms with Gasteiger partial charge >= 0.3 is 5.97 Å². The molecular formula is C14H20N2O4S. The summed E-state index contributed by atoms with van der Waals surface area (Å²) in [5.74, 6) is -0.809. The van der Waals surface area contributed by atoms with Crippen molar-refractivity contribution in [1.29, 1.82) is 0 Å². The number of carbonyl (C=O) groups excluding carboxylic acids is 3. The molecule has 1 aromatic rings. The van der Waals surface area contributed by atoms with Gasteiger partial charge in [0.25, 0.3) is 11.8 Å². The summed E-state index contributed by atoms with van der Waals surface area (Å²) in [6.45, 7) is 4.09. The first-order valence-corrected chi connectivity index (χ1v) is 7.61. The minimum atomic E-state index is -0.640. The van der Waals surface area contributed by atoms with Crippen LogP contribution in [0.25, 0.3) is 0 Å². The van der Waals surface area contributed by atoms with E-state index in [1.807, 2.05) is 0 Å². The molecule has 2 amide bonds. The molecule has 6 nitrogen and oxygen atoms in total. The fourth-order valence-electron chi connectivity index (χ4n) is 1.40. The molecule has 116 valence electrons. The highest BCUT2D eigenvalue weighted by Crippen LogP contribution is 2.07. The van der Waals surface area contributed by atoms with Crippen molar-refractivity contribution < 1.29 is 19.1 Å². The molecule has 0 spiro atoms. The summed E-state index contributed by atoms with van der Waals surface area (Å²) < 4.78 is 4.77. The third-order valence-corrected chi connectivity index (χ3v) is 3.41. The molecule has 2 N–H and O–H groups in total. The summed E-state index contributed by atoms with van der Waals surface area (Å²) in [6.07, 6.45) is 0.872. The third-order valence-electron chi connectivity index (χ3n) is 2.55. The number of amides is 2. The van der Waals surface area contributed by atoms with E-state index in [0.29, 0.717) is 17.3 Å². The van der Waals surface area contributed by atoms with E-state index in [1.165, 1.54) is 11.3 Å². The van der Waals surface area contributed by atoms with Gasteiger partial charge in [0, 0.05) is 6.54 Å². The van der Waals surface area contributed by atoms with Gasteiger partial charge < -0.3 is 15.4 Å². The quantitative estimate of drug-likeness (QED) is 0.706. The summed E-state index contributed by atoms with van der Waals surface area (Å²) in [5.41, 5.74) is 0. The zero-order chi connectivity index (χ0) is 15.7. The van der Waals surface area contributed by atoms with Gasteiger partial charge in [-0.1, -0.05) is 19.9 Å². The number of carbonyl (C=O) groups is 3. The molecule has 0 aliphatic heterocycles. The Bertz CT molecular complexity index is 471.